The molecule has 0 saturated carbocycles. The summed E-state index contributed by atoms with van der Waals surface area (Å²) in [5.74, 6) is 0. The molecule has 1 aliphatic rings. The van der Waals surface area contributed by atoms with Crippen molar-refractivity contribution in [3.05, 3.63) is 11.6 Å². The lowest BCUT2D eigenvalue weighted by atomic mass is 10.0. The molecular weight excluding hydrogens is 124 g/mol. The van der Waals surface area contributed by atoms with Gasteiger partial charge in [-0.2, -0.15) is 5.26 Å². The number of nitriles is 1. The average molecular weight is 134 g/mol. The third-order valence-corrected chi connectivity index (χ3v) is 1.47. The maximum atomic E-state index is 8.50. The minimum atomic E-state index is 0.291. The molecule has 0 aromatic carbocycles. The van der Waals surface area contributed by atoms with E-state index in [2.05, 4.69) is 4.99 Å². The van der Waals surface area contributed by atoms with Crippen LogP contribution in [0.5, 0.6) is 0 Å². The summed E-state index contributed by atoms with van der Waals surface area (Å²) in [5.41, 5.74) is 1.82. The lowest BCUT2D eigenvalue weighted by Crippen LogP contribution is -2.08. The zero-order valence-corrected chi connectivity index (χ0v) is 6.26. The SMILES string of the molecule is CC1=CC(C#N)=NC(C)C1. The van der Waals surface area contributed by atoms with Gasteiger partial charge in [0.25, 0.3) is 0 Å². The summed E-state index contributed by atoms with van der Waals surface area (Å²) in [5, 5.41) is 8.50. The van der Waals surface area contributed by atoms with Crippen molar-refractivity contribution in [2.24, 2.45) is 4.99 Å². The first-order chi connectivity index (χ1) is 4.72. The highest BCUT2D eigenvalue weighted by atomic mass is 14.8. The summed E-state index contributed by atoms with van der Waals surface area (Å²) < 4.78 is 0. The predicted octanol–water partition coefficient (Wildman–Crippen LogP) is 1.69. The topological polar surface area (TPSA) is 36.1 Å². The van der Waals surface area contributed by atoms with Gasteiger partial charge in [-0.1, -0.05) is 5.57 Å². The Bertz CT molecular complexity index is 230. The highest BCUT2D eigenvalue weighted by Gasteiger charge is 2.08. The van der Waals surface area contributed by atoms with Crippen molar-refractivity contribution in [3.8, 4) is 6.07 Å². The van der Waals surface area contributed by atoms with Gasteiger partial charge in [-0.05, 0) is 26.3 Å². The van der Waals surface area contributed by atoms with Crippen LogP contribution in [0, 0.1) is 11.3 Å². The van der Waals surface area contributed by atoms with Gasteiger partial charge in [0, 0.05) is 0 Å². The van der Waals surface area contributed by atoms with Crippen LogP contribution >= 0.6 is 0 Å². The Hall–Kier alpha value is -1.10. The minimum Gasteiger partial charge on any atom is -0.271 e. The van der Waals surface area contributed by atoms with Crippen molar-refractivity contribution in [2.45, 2.75) is 26.3 Å². The van der Waals surface area contributed by atoms with Crippen LogP contribution in [0.3, 0.4) is 0 Å². The van der Waals surface area contributed by atoms with Crippen molar-refractivity contribution in [1.82, 2.24) is 0 Å². The normalized spacial score (nSPS) is 24.7. The van der Waals surface area contributed by atoms with Gasteiger partial charge in [-0.25, -0.2) is 0 Å². The van der Waals surface area contributed by atoms with E-state index in [-0.39, 0.29) is 0 Å². The third-order valence-electron chi connectivity index (χ3n) is 1.47. The van der Waals surface area contributed by atoms with Crippen LogP contribution in [0.2, 0.25) is 0 Å². The molecule has 1 atom stereocenters. The molecule has 0 spiro atoms. The number of rotatable bonds is 0. The zero-order valence-electron chi connectivity index (χ0n) is 6.26. The Kier molecular flexibility index (Phi) is 1.86. The highest BCUT2D eigenvalue weighted by Crippen LogP contribution is 2.12. The lowest BCUT2D eigenvalue weighted by molar-refractivity contribution is 0.726. The molecule has 1 heterocycles. The van der Waals surface area contributed by atoms with Crippen LogP contribution in [-0.4, -0.2) is 11.8 Å². The van der Waals surface area contributed by atoms with Crippen LogP contribution in [0.4, 0.5) is 0 Å². The molecule has 1 rings (SSSR count). The van der Waals surface area contributed by atoms with Crippen LogP contribution in [-0.2, 0) is 0 Å². The maximum absolute atomic E-state index is 8.50. The Balaban J connectivity index is 2.84. The van der Waals surface area contributed by atoms with Crippen molar-refractivity contribution in [1.29, 1.82) is 5.26 Å². The summed E-state index contributed by atoms with van der Waals surface area (Å²) in [7, 11) is 0. The molecule has 0 N–H and O–H groups in total. The second-order valence-corrected chi connectivity index (χ2v) is 2.67. The van der Waals surface area contributed by atoms with E-state index in [4.69, 9.17) is 5.26 Å². The van der Waals surface area contributed by atoms with Crippen LogP contribution in [0.25, 0.3) is 0 Å². The summed E-state index contributed by atoms with van der Waals surface area (Å²) in [6.07, 6.45) is 2.84. The number of aliphatic imine (C=N–C) groups is 1. The summed E-state index contributed by atoms with van der Waals surface area (Å²) in [6.45, 7) is 4.05. The maximum Gasteiger partial charge on any atom is 0.135 e. The molecule has 0 amide bonds. The quantitative estimate of drug-likeness (QED) is 0.496. The van der Waals surface area contributed by atoms with Gasteiger partial charge < -0.3 is 0 Å². The molecule has 0 bridgehead atoms. The van der Waals surface area contributed by atoms with E-state index in [0.717, 1.165) is 6.42 Å². The van der Waals surface area contributed by atoms with Gasteiger partial charge in [-0.3, -0.25) is 4.99 Å². The average Bonchev–Trinajstić information content (AvgIpc) is 1.85. The molecule has 2 heteroatoms. The van der Waals surface area contributed by atoms with Crippen molar-refractivity contribution < 1.29 is 0 Å². The van der Waals surface area contributed by atoms with Gasteiger partial charge in [0.2, 0.25) is 0 Å². The molecular formula is C8H10N2. The fourth-order valence-electron chi connectivity index (χ4n) is 1.14. The van der Waals surface area contributed by atoms with Gasteiger partial charge in [-0.15, -0.1) is 0 Å². The van der Waals surface area contributed by atoms with Crippen molar-refractivity contribution >= 4 is 5.71 Å². The second kappa shape index (κ2) is 2.66. The highest BCUT2D eigenvalue weighted by molar-refractivity contribution is 6.08. The van der Waals surface area contributed by atoms with Crippen molar-refractivity contribution in [3.63, 3.8) is 0 Å². The second-order valence-electron chi connectivity index (χ2n) is 2.67. The number of nitrogens with zero attached hydrogens (tertiary/aromatic N) is 2. The molecule has 1 aliphatic heterocycles. The van der Waals surface area contributed by atoms with Crippen LogP contribution in [0.15, 0.2) is 16.6 Å². The molecule has 1 unspecified atom stereocenters. The minimum absolute atomic E-state index is 0.291. The van der Waals surface area contributed by atoms with E-state index < -0.39 is 0 Å². The fourth-order valence-corrected chi connectivity index (χ4v) is 1.14. The van der Waals surface area contributed by atoms with Crippen LogP contribution < -0.4 is 0 Å². The molecule has 10 heavy (non-hydrogen) atoms. The summed E-state index contributed by atoms with van der Waals surface area (Å²) in [6, 6.07) is 2.33. The monoisotopic (exact) mass is 134 g/mol. The molecule has 0 saturated heterocycles. The standard InChI is InChI=1S/C8H10N2/c1-6-3-7(2)10-8(4-6)5-9/h4,7H,3H2,1-2H3. The summed E-state index contributed by atoms with van der Waals surface area (Å²) in [4.78, 5) is 4.13. The molecule has 0 fully saturated rings. The van der Waals surface area contributed by atoms with E-state index in [1.807, 2.05) is 26.0 Å². The molecule has 0 aromatic heterocycles. The summed E-state index contributed by atoms with van der Waals surface area (Å²) >= 11 is 0. The van der Waals surface area contributed by atoms with E-state index >= 15 is 0 Å². The molecule has 2 nitrogen and oxygen atoms in total. The third kappa shape index (κ3) is 1.44. The smallest absolute Gasteiger partial charge is 0.135 e. The largest absolute Gasteiger partial charge is 0.271 e. The van der Waals surface area contributed by atoms with E-state index in [1.54, 1.807) is 0 Å². The first-order valence-corrected chi connectivity index (χ1v) is 3.37. The number of dihydropyridines is 1. The van der Waals surface area contributed by atoms with E-state index in [9.17, 15) is 0 Å². The van der Waals surface area contributed by atoms with E-state index in [0.29, 0.717) is 11.8 Å². The Morgan fingerprint density at radius 3 is 3.00 bits per heavy atom. The first-order valence-electron chi connectivity index (χ1n) is 3.37. The molecule has 0 aliphatic carbocycles. The van der Waals surface area contributed by atoms with Gasteiger partial charge >= 0.3 is 0 Å². The van der Waals surface area contributed by atoms with Gasteiger partial charge in [0.1, 0.15) is 11.8 Å². The lowest BCUT2D eigenvalue weighted by Gasteiger charge is -2.11. The Morgan fingerprint density at radius 2 is 2.50 bits per heavy atom. The van der Waals surface area contributed by atoms with Gasteiger partial charge in [0.05, 0.1) is 6.04 Å². The number of allylic oxidation sites excluding steroid dienone is 1. The van der Waals surface area contributed by atoms with Gasteiger partial charge in [0.15, 0.2) is 0 Å². The molecule has 0 aromatic rings. The van der Waals surface area contributed by atoms with Crippen LogP contribution in [0.1, 0.15) is 20.3 Å². The first kappa shape index (κ1) is 7.01. The number of hydrogen-bond acceptors (Lipinski definition) is 2. The van der Waals surface area contributed by atoms with E-state index in [1.165, 1.54) is 5.57 Å². The number of hydrogen-bond donors (Lipinski definition) is 0. The fraction of sp³-hybridized carbons (Fsp3) is 0.500. The predicted molar refractivity (Wildman–Crippen MR) is 40.9 cm³/mol. The Labute approximate surface area is 60.9 Å². The molecule has 52 valence electrons. The molecule has 0 radical (unpaired) electrons. The Morgan fingerprint density at radius 1 is 1.80 bits per heavy atom. The zero-order chi connectivity index (χ0) is 7.56. The van der Waals surface area contributed by atoms with Crippen molar-refractivity contribution in [2.75, 3.05) is 0 Å².